The Labute approximate surface area is 285 Å². The minimum Gasteiger partial charge on any atom is -0.503 e. The maximum Gasteiger partial charge on any atom is 0.352 e. The van der Waals surface area contributed by atoms with Gasteiger partial charge in [0.15, 0.2) is 23.1 Å². The molecule has 49 heavy (non-hydrogen) atoms. The highest BCUT2D eigenvalue weighted by Gasteiger charge is 2.63. The molecule has 2 heterocycles. The van der Waals surface area contributed by atoms with E-state index in [4.69, 9.17) is 16.3 Å². The number of Topliss-reactive ketones (excluding diaryl/α,β-unsaturated/α-hetero) is 1. The Morgan fingerprint density at radius 3 is 2.18 bits per heavy atom. The van der Waals surface area contributed by atoms with Crippen LogP contribution in [0.5, 0.6) is 11.5 Å². The van der Waals surface area contributed by atoms with E-state index in [0.717, 1.165) is 4.57 Å². The highest BCUT2D eigenvalue weighted by Crippen LogP contribution is 2.62. The van der Waals surface area contributed by atoms with Crippen LogP contribution >= 0.6 is 11.6 Å². The van der Waals surface area contributed by atoms with E-state index in [9.17, 15) is 19.5 Å². The number of carbonyl (C=O) groups is 2. The van der Waals surface area contributed by atoms with Gasteiger partial charge >= 0.3 is 11.4 Å². The van der Waals surface area contributed by atoms with E-state index in [-0.39, 0.29) is 46.6 Å². The standard InChI is InChI=1S/C39H30ClN3O6/c1-49-32-20-24(19-30(40)36(32)46)34-27-17-18-41-37(47)42(26-15-9-4-10-16-26)38(48)43(41)31(27)22-29-35(45)28(23-11-5-2-6-12-23)21-33(44)39(29,34)25-13-7-3-8-14-25/h2-17,19-21,29,31,34,46H,18,22H2,1H3/t29-,31+,34-,39-/m0/s1. The third kappa shape index (κ3) is 4.38. The predicted octanol–water partition coefficient (Wildman–Crippen LogP) is 5.63. The first kappa shape index (κ1) is 30.7. The Morgan fingerprint density at radius 1 is 0.857 bits per heavy atom. The van der Waals surface area contributed by atoms with Gasteiger partial charge in [0.25, 0.3) is 0 Å². The number of nitrogens with zero attached hydrogens (tertiary/aromatic N) is 3. The minimum absolute atomic E-state index is 0.00653. The van der Waals surface area contributed by atoms with Gasteiger partial charge in [-0.1, -0.05) is 96.5 Å². The second-order valence-electron chi connectivity index (χ2n) is 12.5. The van der Waals surface area contributed by atoms with Gasteiger partial charge in [-0.2, -0.15) is 0 Å². The van der Waals surface area contributed by atoms with Crippen LogP contribution in [-0.2, 0) is 21.5 Å². The van der Waals surface area contributed by atoms with E-state index < -0.39 is 34.7 Å². The third-order valence-corrected chi connectivity index (χ3v) is 10.5. The maximum atomic E-state index is 15.1. The Morgan fingerprint density at radius 2 is 1.51 bits per heavy atom. The summed E-state index contributed by atoms with van der Waals surface area (Å²) in [5.74, 6) is -2.48. The molecule has 0 amide bonds. The van der Waals surface area contributed by atoms with Crippen LogP contribution in [-0.4, -0.2) is 37.7 Å². The lowest BCUT2D eigenvalue weighted by molar-refractivity contribution is -0.133. The zero-order chi connectivity index (χ0) is 34.0. The second-order valence-corrected chi connectivity index (χ2v) is 13.0. The summed E-state index contributed by atoms with van der Waals surface area (Å²) in [4.78, 5) is 58.2. The molecule has 0 radical (unpaired) electrons. The number of ketones is 2. The normalized spacial score (nSPS) is 22.8. The first-order valence-electron chi connectivity index (χ1n) is 15.9. The number of halogens is 1. The average Bonchev–Trinajstić information content (AvgIpc) is 3.40. The SMILES string of the molecule is COc1cc([C@H]2C3=CCn4c(=O)n(-c5ccccc5)c(=O)n4[C@@H]3C[C@H]3C(=O)C(c4ccccc4)=CC(=O)[C@@]23c2ccccc2)cc(Cl)c1O. The average molecular weight is 672 g/mol. The molecule has 10 heteroatoms. The molecule has 1 saturated carbocycles. The van der Waals surface area contributed by atoms with E-state index in [1.54, 1.807) is 54.6 Å². The fourth-order valence-corrected chi connectivity index (χ4v) is 8.44. The number of aromatic nitrogens is 3. The molecule has 0 spiro atoms. The van der Waals surface area contributed by atoms with Gasteiger partial charge in [0.1, 0.15) is 0 Å². The van der Waals surface area contributed by atoms with Gasteiger partial charge in [0.2, 0.25) is 0 Å². The number of fused-ring (bicyclic) bond motifs is 4. The van der Waals surface area contributed by atoms with Gasteiger partial charge in [-0.15, -0.1) is 0 Å². The van der Waals surface area contributed by atoms with Crippen LogP contribution in [0.25, 0.3) is 11.3 Å². The van der Waals surface area contributed by atoms with Crippen molar-refractivity contribution in [2.45, 2.75) is 30.3 Å². The summed E-state index contributed by atoms with van der Waals surface area (Å²) in [6, 6.07) is 29.4. The smallest absolute Gasteiger partial charge is 0.352 e. The molecule has 8 rings (SSSR count). The molecule has 0 saturated heterocycles. The number of methoxy groups -OCH3 is 1. The number of aromatic hydroxyl groups is 1. The fourth-order valence-electron chi connectivity index (χ4n) is 8.23. The zero-order valence-corrected chi connectivity index (χ0v) is 27.1. The van der Waals surface area contributed by atoms with E-state index in [2.05, 4.69) is 0 Å². The number of benzene rings is 4. The van der Waals surface area contributed by atoms with Crippen LogP contribution in [0, 0.1) is 5.92 Å². The molecule has 9 nitrogen and oxygen atoms in total. The van der Waals surface area contributed by atoms with Crippen LogP contribution < -0.4 is 16.1 Å². The van der Waals surface area contributed by atoms with Crippen molar-refractivity contribution >= 4 is 28.7 Å². The molecule has 1 aliphatic heterocycles. The lowest BCUT2D eigenvalue weighted by Crippen LogP contribution is -2.58. The van der Waals surface area contributed by atoms with Crippen LogP contribution in [0.4, 0.5) is 0 Å². The summed E-state index contributed by atoms with van der Waals surface area (Å²) in [5, 5.41) is 10.7. The van der Waals surface area contributed by atoms with Gasteiger partial charge in [0, 0.05) is 17.4 Å². The van der Waals surface area contributed by atoms with Gasteiger partial charge in [-0.3, -0.25) is 9.59 Å². The van der Waals surface area contributed by atoms with Crippen molar-refractivity contribution in [3.8, 4) is 17.2 Å². The molecule has 4 atom stereocenters. The fraction of sp³-hybridized carbons (Fsp3) is 0.179. The molecule has 5 aromatic rings. The largest absolute Gasteiger partial charge is 0.503 e. The quantitative estimate of drug-likeness (QED) is 0.243. The number of phenolic OH excluding ortho intramolecular Hbond substituents is 1. The molecule has 4 aromatic carbocycles. The van der Waals surface area contributed by atoms with Crippen LogP contribution in [0.2, 0.25) is 5.02 Å². The van der Waals surface area contributed by atoms with Crippen LogP contribution in [0.15, 0.2) is 130 Å². The van der Waals surface area contributed by atoms with Crippen molar-refractivity contribution in [3.63, 3.8) is 0 Å². The van der Waals surface area contributed by atoms with Crippen molar-refractivity contribution in [1.29, 1.82) is 0 Å². The van der Waals surface area contributed by atoms with E-state index in [0.29, 0.717) is 28.0 Å². The summed E-state index contributed by atoms with van der Waals surface area (Å²) in [7, 11) is 1.41. The summed E-state index contributed by atoms with van der Waals surface area (Å²) in [6.07, 6.45) is 3.41. The first-order chi connectivity index (χ1) is 23.8. The van der Waals surface area contributed by atoms with Crippen molar-refractivity contribution in [2.24, 2.45) is 5.92 Å². The summed E-state index contributed by atoms with van der Waals surface area (Å²) >= 11 is 6.61. The van der Waals surface area contributed by atoms with Crippen LogP contribution in [0.3, 0.4) is 0 Å². The number of allylic oxidation sites excluding steroid dienone is 4. The molecule has 3 aliphatic rings. The summed E-state index contributed by atoms with van der Waals surface area (Å²) < 4.78 is 9.47. The number of carbonyl (C=O) groups excluding carboxylic acids is 2. The van der Waals surface area contributed by atoms with Gasteiger partial charge in [-0.05, 0) is 59.0 Å². The number of para-hydroxylation sites is 1. The van der Waals surface area contributed by atoms with E-state index in [1.165, 1.54) is 22.5 Å². The lowest BCUT2D eigenvalue weighted by atomic mass is 9.47. The number of hydrogen-bond donors (Lipinski definition) is 1. The highest BCUT2D eigenvalue weighted by molar-refractivity contribution is 6.33. The van der Waals surface area contributed by atoms with Gasteiger partial charge < -0.3 is 9.84 Å². The Kier molecular flexibility index (Phi) is 7.19. The number of rotatable bonds is 5. The summed E-state index contributed by atoms with van der Waals surface area (Å²) in [6.45, 7) is 0.0575. The Balaban J connectivity index is 1.44. The second kappa shape index (κ2) is 11.5. The Hall–Kier alpha value is -5.67. The molecule has 1 N–H and O–H groups in total. The van der Waals surface area contributed by atoms with E-state index in [1.807, 2.05) is 54.6 Å². The van der Waals surface area contributed by atoms with Crippen molar-refractivity contribution in [2.75, 3.05) is 7.11 Å². The maximum absolute atomic E-state index is 15.1. The molecular weight excluding hydrogens is 642 g/mol. The number of ether oxygens (including phenoxy) is 1. The topological polar surface area (TPSA) is 113 Å². The molecule has 0 unspecified atom stereocenters. The Bertz CT molecular complexity index is 2340. The molecular formula is C39H30ClN3O6. The minimum atomic E-state index is -1.46. The zero-order valence-electron chi connectivity index (χ0n) is 26.3. The van der Waals surface area contributed by atoms with Crippen molar-refractivity contribution in [1.82, 2.24) is 13.9 Å². The predicted molar refractivity (Wildman–Crippen MR) is 184 cm³/mol. The van der Waals surface area contributed by atoms with Crippen LogP contribution in [0.1, 0.15) is 35.1 Å². The highest BCUT2D eigenvalue weighted by atomic mass is 35.5. The monoisotopic (exact) mass is 671 g/mol. The van der Waals surface area contributed by atoms with E-state index >= 15 is 4.79 Å². The molecule has 1 aromatic heterocycles. The van der Waals surface area contributed by atoms with Gasteiger partial charge in [0.05, 0.1) is 35.8 Å². The number of phenols is 1. The molecule has 2 aliphatic carbocycles. The third-order valence-electron chi connectivity index (χ3n) is 10.3. The molecule has 0 bridgehead atoms. The number of hydrogen-bond acceptors (Lipinski definition) is 6. The molecule has 1 fully saturated rings. The first-order valence-corrected chi connectivity index (χ1v) is 16.3. The summed E-state index contributed by atoms with van der Waals surface area (Å²) in [5.41, 5.74) is 0.653. The van der Waals surface area contributed by atoms with Crippen molar-refractivity contribution < 1.29 is 19.4 Å². The van der Waals surface area contributed by atoms with Gasteiger partial charge in [-0.25, -0.2) is 23.5 Å². The lowest BCUT2D eigenvalue weighted by Gasteiger charge is -2.54. The van der Waals surface area contributed by atoms with Crippen molar-refractivity contribution in [3.05, 3.63) is 164 Å². The molecule has 244 valence electrons.